The first-order valence-electron chi connectivity index (χ1n) is 6.54. The molecule has 4 nitrogen and oxygen atoms in total. The molecule has 0 saturated carbocycles. The van der Waals surface area contributed by atoms with E-state index in [1.807, 2.05) is 35.2 Å². The summed E-state index contributed by atoms with van der Waals surface area (Å²) in [6.45, 7) is 5.41. The smallest absolute Gasteiger partial charge is 0.159 e. The molecule has 1 fully saturated rings. The summed E-state index contributed by atoms with van der Waals surface area (Å²) >= 11 is 0. The van der Waals surface area contributed by atoms with Crippen LogP contribution in [-0.4, -0.2) is 42.0 Å². The minimum Gasteiger partial charge on any atom is -0.392 e. The highest BCUT2D eigenvalue weighted by Crippen LogP contribution is 2.27. The Morgan fingerprint density at radius 3 is 2.74 bits per heavy atom. The Morgan fingerprint density at radius 1 is 1.47 bits per heavy atom. The first-order valence-corrected chi connectivity index (χ1v) is 6.54. The van der Waals surface area contributed by atoms with Gasteiger partial charge in [0.2, 0.25) is 0 Å². The van der Waals surface area contributed by atoms with Crippen LogP contribution < -0.4 is 5.32 Å². The van der Waals surface area contributed by atoms with Crippen LogP contribution in [0.15, 0.2) is 43.0 Å². The second-order valence-electron chi connectivity index (χ2n) is 4.81. The summed E-state index contributed by atoms with van der Waals surface area (Å²) in [5.41, 5.74) is 0.00775. The number of rotatable bonds is 6. The molecule has 2 atom stereocenters. The number of nitrogens with zero attached hydrogens (tertiary/aromatic N) is 1. The third-order valence-electron chi connectivity index (χ3n) is 3.56. The molecule has 1 aliphatic rings. The van der Waals surface area contributed by atoms with Crippen molar-refractivity contribution in [3.8, 4) is 0 Å². The molecule has 0 radical (unpaired) electrons. The number of β-amino-alcohol motifs (C(OH)–C–C–N with tert-alkyl or cyclic N) is 1. The number of hydrogen-bond donors (Lipinski definition) is 2. The minimum absolute atomic E-state index is 0.367. The Hall–Kier alpha value is -1.49. The zero-order valence-corrected chi connectivity index (χ0v) is 11.0. The summed E-state index contributed by atoms with van der Waals surface area (Å²) in [6.07, 6.45) is 2.98. The van der Waals surface area contributed by atoms with E-state index in [1.54, 1.807) is 6.08 Å². The third-order valence-corrected chi connectivity index (χ3v) is 3.56. The van der Waals surface area contributed by atoms with Crippen molar-refractivity contribution in [1.82, 2.24) is 10.2 Å². The van der Waals surface area contributed by atoms with Gasteiger partial charge < -0.3 is 5.11 Å². The molecule has 1 aromatic rings. The van der Waals surface area contributed by atoms with Gasteiger partial charge in [-0.3, -0.25) is 15.0 Å². The molecule has 19 heavy (non-hydrogen) atoms. The normalized spacial score (nSPS) is 22.9. The summed E-state index contributed by atoms with van der Waals surface area (Å²) < 4.78 is 0. The van der Waals surface area contributed by atoms with Crippen molar-refractivity contribution in [3.63, 3.8) is 0 Å². The lowest BCUT2D eigenvalue weighted by molar-refractivity contribution is -0.121. The molecular weight excluding hydrogens is 240 g/mol. The average Bonchev–Trinajstić information content (AvgIpc) is 2.88. The predicted molar refractivity (Wildman–Crippen MR) is 74.6 cm³/mol. The van der Waals surface area contributed by atoms with E-state index in [9.17, 15) is 9.90 Å². The van der Waals surface area contributed by atoms with E-state index in [4.69, 9.17) is 0 Å². The standard InChI is InChI=1S/C15H20N2O2/c1-2-9-16-15(12-18,13-6-4-3-5-7-13)17-10-8-14(19)11-17/h2-7,12,14,16,19H,1,8-11H2/t14-,15+/m0/s1. The molecule has 102 valence electrons. The topological polar surface area (TPSA) is 52.6 Å². The number of aldehydes is 1. The number of carbonyl (C=O) groups excluding carboxylic acids is 1. The maximum Gasteiger partial charge on any atom is 0.159 e. The van der Waals surface area contributed by atoms with Gasteiger partial charge in [0, 0.05) is 19.6 Å². The number of aliphatic hydroxyl groups excluding tert-OH is 1. The Morgan fingerprint density at radius 2 is 2.21 bits per heavy atom. The molecule has 1 heterocycles. The van der Waals surface area contributed by atoms with Crippen LogP contribution in [0.1, 0.15) is 12.0 Å². The molecule has 2 rings (SSSR count). The van der Waals surface area contributed by atoms with Crippen LogP contribution in [0.5, 0.6) is 0 Å². The van der Waals surface area contributed by atoms with Gasteiger partial charge in [0.1, 0.15) is 0 Å². The van der Waals surface area contributed by atoms with E-state index in [2.05, 4.69) is 11.9 Å². The summed E-state index contributed by atoms with van der Waals surface area (Å²) in [5.74, 6) is 0. The second kappa shape index (κ2) is 6.10. The maximum atomic E-state index is 11.8. The van der Waals surface area contributed by atoms with Crippen molar-refractivity contribution in [2.24, 2.45) is 0 Å². The molecule has 1 aromatic carbocycles. The van der Waals surface area contributed by atoms with Gasteiger partial charge in [0.05, 0.1) is 6.10 Å². The SMILES string of the molecule is C=CCN[C@@](C=O)(c1ccccc1)N1CC[C@H](O)C1. The Balaban J connectivity index is 2.36. The predicted octanol–water partition coefficient (Wildman–Crippen LogP) is 0.881. The lowest BCUT2D eigenvalue weighted by Crippen LogP contribution is -2.57. The van der Waals surface area contributed by atoms with Crippen LogP contribution in [0.4, 0.5) is 0 Å². The highest BCUT2D eigenvalue weighted by atomic mass is 16.3. The molecule has 0 bridgehead atoms. The van der Waals surface area contributed by atoms with Crippen molar-refractivity contribution in [3.05, 3.63) is 48.6 Å². The van der Waals surface area contributed by atoms with Crippen LogP contribution in [0, 0.1) is 0 Å². The number of hydrogen-bond acceptors (Lipinski definition) is 4. The lowest BCUT2D eigenvalue weighted by Gasteiger charge is -2.38. The zero-order valence-electron chi connectivity index (χ0n) is 11.0. The minimum atomic E-state index is -0.882. The fraction of sp³-hybridized carbons (Fsp3) is 0.400. The highest BCUT2D eigenvalue weighted by molar-refractivity contribution is 5.67. The molecule has 0 unspecified atom stereocenters. The molecular formula is C15H20N2O2. The first kappa shape index (κ1) is 13.9. The quantitative estimate of drug-likeness (QED) is 0.589. The van der Waals surface area contributed by atoms with Gasteiger partial charge in [0.25, 0.3) is 0 Å². The van der Waals surface area contributed by atoms with Crippen LogP contribution in [0.2, 0.25) is 0 Å². The van der Waals surface area contributed by atoms with Crippen LogP contribution in [-0.2, 0) is 10.5 Å². The molecule has 0 aromatic heterocycles. The maximum absolute atomic E-state index is 11.8. The van der Waals surface area contributed by atoms with Crippen LogP contribution in [0.25, 0.3) is 0 Å². The van der Waals surface area contributed by atoms with Crippen LogP contribution >= 0.6 is 0 Å². The van der Waals surface area contributed by atoms with Crippen molar-refractivity contribution in [2.45, 2.75) is 18.2 Å². The summed E-state index contributed by atoms with van der Waals surface area (Å²) in [4.78, 5) is 13.8. The molecule has 0 amide bonds. The summed E-state index contributed by atoms with van der Waals surface area (Å²) in [7, 11) is 0. The van der Waals surface area contributed by atoms with Gasteiger partial charge in [-0.2, -0.15) is 0 Å². The van der Waals surface area contributed by atoms with Gasteiger partial charge in [-0.05, 0) is 12.0 Å². The Bertz CT molecular complexity index is 435. The largest absolute Gasteiger partial charge is 0.392 e. The fourth-order valence-corrected chi connectivity index (χ4v) is 2.56. The number of likely N-dealkylation sites (tertiary alicyclic amines) is 1. The number of aliphatic hydroxyl groups is 1. The number of benzene rings is 1. The van der Waals surface area contributed by atoms with E-state index in [-0.39, 0.29) is 6.10 Å². The summed E-state index contributed by atoms with van der Waals surface area (Å²) in [6, 6.07) is 9.60. The number of nitrogens with one attached hydrogen (secondary N) is 1. The van der Waals surface area contributed by atoms with E-state index in [1.165, 1.54) is 0 Å². The lowest BCUT2D eigenvalue weighted by atomic mass is 9.99. The van der Waals surface area contributed by atoms with E-state index in [0.29, 0.717) is 26.1 Å². The van der Waals surface area contributed by atoms with Crippen molar-refractivity contribution in [1.29, 1.82) is 0 Å². The van der Waals surface area contributed by atoms with Gasteiger partial charge in [0.15, 0.2) is 11.9 Å². The van der Waals surface area contributed by atoms with Crippen molar-refractivity contribution in [2.75, 3.05) is 19.6 Å². The van der Waals surface area contributed by atoms with Gasteiger partial charge >= 0.3 is 0 Å². The van der Waals surface area contributed by atoms with E-state index in [0.717, 1.165) is 11.8 Å². The van der Waals surface area contributed by atoms with Crippen molar-refractivity contribution >= 4 is 6.29 Å². The Kier molecular flexibility index (Phi) is 4.47. The Labute approximate surface area is 113 Å². The van der Waals surface area contributed by atoms with Gasteiger partial charge in [-0.15, -0.1) is 6.58 Å². The molecule has 0 spiro atoms. The van der Waals surface area contributed by atoms with Gasteiger partial charge in [-0.25, -0.2) is 0 Å². The fourth-order valence-electron chi connectivity index (χ4n) is 2.56. The van der Waals surface area contributed by atoms with Crippen LogP contribution in [0.3, 0.4) is 0 Å². The van der Waals surface area contributed by atoms with E-state index >= 15 is 0 Å². The average molecular weight is 260 g/mol. The first-order chi connectivity index (χ1) is 9.23. The van der Waals surface area contributed by atoms with E-state index < -0.39 is 5.66 Å². The summed E-state index contributed by atoms with van der Waals surface area (Å²) in [5, 5.41) is 13.0. The molecule has 1 aliphatic heterocycles. The number of carbonyl (C=O) groups is 1. The zero-order chi connectivity index (χ0) is 13.7. The van der Waals surface area contributed by atoms with Gasteiger partial charge in [-0.1, -0.05) is 36.4 Å². The third kappa shape index (κ3) is 2.76. The second-order valence-corrected chi connectivity index (χ2v) is 4.81. The molecule has 0 aliphatic carbocycles. The highest BCUT2D eigenvalue weighted by Gasteiger charge is 2.41. The molecule has 2 N–H and O–H groups in total. The monoisotopic (exact) mass is 260 g/mol. The molecule has 4 heteroatoms. The van der Waals surface area contributed by atoms with Crippen molar-refractivity contribution < 1.29 is 9.90 Å². The molecule has 1 saturated heterocycles.